The van der Waals surface area contributed by atoms with Crippen LogP contribution < -0.4 is 10.1 Å². The Labute approximate surface area is 115 Å². The molecule has 0 aliphatic heterocycles. The summed E-state index contributed by atoms with van der Waals surface area (Å²) in [7, 11) is 0. The first-order chi connectivity index (χ1) is 9.54. The molecule has 4 nitrogen and oxygen atoms in total. The van der Waals surface area contributed by atoms with Gasteiger partial charge >= 0.3 is 6.61 Å². The molecule has 1 fully saturated rings. The molecule has 0 unspecified atom stereocenters. The molecule has 2 rings (SSSR count). The maximum absolute atomic E-state index is 12.1. The lowest BCUT2D eigenvalue weighted by atomic mass is 10.0. The maximum atomic E-state index is 12.1. The highest BCUT2D eigenvalue weighted by Gasteiger charge is 2.41. The summed E-state index contributed by atoms with van der Waals surface area (Å²) in [5.74, 6) is -0.363. The van der Waals surface area contributed by atoms with E-state index in [1.165, 1.54) is 18.2 Å². The Kier molecular flexibility index (Phi) is 4.54. The van der Waals surface area contributed by atoms with Gasteiger partial charge in [0.05, 0.1) is 0 Å². The average molecular weight is 285 g/mol. The van der Waals surface area contributed by atoms with Gasteiger partial charge in [-0.05, 0) is 42.9 Å². The molecule has 1 aliphatic carbocycles. The Balaban J connectivity index is 1.92. The standard InChI is InChI=1S/C14H17F2NO3/c15-13(16)20-11-3-1-2-10(8-11)12(19)17-9-14(4-5-14)6-7-18/h1-3,8,13,18H,4-7,9H2,(H,17,19). The highest BCUT2D eigenvalue weighted by atomic mass is 19.3. The van der Waals surface area contributed by atoms with Crippen LogP contribution in [0.5, 0.6) is 5.75 Å². The highest BCUT2D eigenvalue weighted by molar-refractivity contribution is 5.94. The number of halogens is 2. The van der Waals surface area contributed by atoms with E-state index >= 15 is 0 Å². The lowest BCUT2D eigenvalue weighted by Crippen LogP contribution is -2.30. The minimum Gasteiger partial charge on any atom is -0.435 e. The lowest BCUT2D eigenvalue weighted by molar-refractivity contribution is -0.0498. The Morgan fingerprint density at radius 1 is 1.45 bits per heavy atom. The molecule has 0 spiro atoms. The van der Waals surface area contributed by atoms with E-state index in [-0.39, 0.29) is 29.2 Å². The molecule has 1 saturated carbocycles. The molecule has 1 amide bonds. The Morgan fingerprint density at radius 2 is 2.20 bits per heavy atom. The molecular weight excluding hydrogens is 268 g/mol. The summed E-state index contributed by atoms with van der Waals surface area (Å²) in [5, 5.41) is 11.7. The number of aliphatic hydroxyl groups excluding tert-OH is 1. The molecule has 2 N–H and O–H groups in total. The average Bonchev–Trinajstić information content (AvgIpc) is 3.16. The van der Waals surface area contributed by atoms with Crippen LogP contribution >= 0.6 is 0 Å². The molecular formula is C14H17F2NO3. The van der Waals surface area contributed by atoms with E-state index in [9.17, 15) is 13.6 Å². The number of rotatable bonds is 7. The minimum atomic E-state index is -2.91. The third kappa shape index (κ3) is 3.90. The van der Waals surface area contributed by atoms with E-state index in [4.69, 9.17) is 5.11 Å². The zero-order chi connectivity index (χ0) is 14.6. The van der Waals surface area contributed by atoms with Crippen molar-refractivity contribution in [2.75, 3.05) is 13.2 Å². The number of carbonyl (C=O) groups excluding carboxylic acids is 1. The van der Waals surface area contributed by atoms with E-state index in [1.54, 1.807) is 6.07 Å². The van der Waals surface area contributed by atoms with Crippen LogP contribution in [0.2, 0.25) is 0 Å². The van der Waals surface area contributed by atoms with Crippen molar-refractivity contribution in [1.82, 2.24) is 5.32 Å². The number of nitrogens with one attached hydrogen (secondary N) is 1. The highest BCUT2D eigenvalue weighted by Crippen LogP contribution is 2.47. The van der Waals surface area contributed by atoms with Gasteiger partial charge in [-0.1, -0.05) is 6.07 Å². The van der Waals surface area contributed by atoms with Gasteiger partial charge in [-0.2, -0.15) is 8.78 Å². The molecule has 1 aliphatic rings. The summed E-state index contributed by atoms with van der Waals surface area (Å²) < 4.78 is 28.5. The number of ether oxygens (including phenoxy) is 1. The van der Waals surface area contributed by atoms with E-state index in [1.807, 2.05) is 0 Å². The van der Waals surface area contributed by atoms with Crippen LogP contribution in [0.4, 0.5) is 8.78 Å². The first-order valence-corrected chi connectivity index (χ1v) is 6.49. The molecule has 1 aromatic carbocycles. The van der Waals surface area contributed by atoms with Crippen LogP contribution in [0.25, 0.3) is 0 Å². The summed E-state index contributed by atoms with van der Waals surface area (Å²) in [6.45, 7) is -2.31. The summed E-state index contributed by atoms with van der Waals surface area (Å²) in [6, 6.07) is 5.69. The molecule has 0 aromatic heterocycles. The number of aliphatic hydroxyl groups is 1. The normalized spacial score (nSPS) is 16.0. The smallest absolute Gasteiger partial charge is 0.387 e. The van der Waals surface area contributed by atoms with Crippen molar-refractivity contribution >= 4 is 5.91 Å². The van der Waals surface area contributed by atoms with Crippen molar-refractivity contribution in [3.05, 3.63) is 29.8 Å². The monoisotopic (exact) mass is 285 g/mol. The molecule has 0 heterocycles. The van der Waals surface area contributed by atoms with E-state index < -0.39 is 6.61 Å². The van der Waals surface area contributed by atoms with Crippen molar-refractivity contribution in [1.29, 1.82) is 0 Å². The Hall–Kier alpha value is -1.69. The van der Waals surface area contributed by atoms with Crippen LogP contribution in [0.15, 0.2) is 24.3 Å². The van der Waals surface area contributed by atoms with Gasteiger partial charge < -0.3 is 15.2 Å². The molecule has 0 atom stereocenters. The predicted molar refractivity (Wildman–Crippen MR) is 68.8 cm³/mol. The van der Waals surface area contributed by atoms with Crippen molar-refractivity contribution in [3.8, 4) is 5.75 Å². The van der Waals surface area contributed by atoms with Crippen molar-refractivity contribution < 1.29 is 23.4 Å². The largest absolute Gasteiger partial charge is 0.435 e. The van der Waals surface area contributed by atoms with E-state index in [2.05, 4.69) is 10.1 Å². The van der Waals surface area contributed by atoms with Gasteiger partial charge in [0.15, 0.2) is 0 Å². The number of benzene rings is 1. The third-order valence-electron chi connectivity index (χ3n) is 3.54. The van der Waals surface area contributed by atoms with Gasteiger partial charge in [0.25, 0.3) is 5.91 Å². The molecule has 110 valence electrons. The van der Waals surface area contributed by atoms with Crippen LogP contribution in [0, 0.1) is 5.41 Å². The zero-order valence-corrected chi connectivity index (χ0v) is 10.9. The summed E-state index contributed by atoms with van der Waals surface area (Å²) >= 11 is 0. The number of amides is 1. The second-order valence-corrected chi connectivity index (χ2v) is 5.06. The molecule has 0 radical (unpaired) electrons. The van der Waals surface area contributed by atoms with Gasteiger partial charge in [0.2, 0.25) is 0 Å². The molecule has 6 heteroatoms. The fourth-order valence-corrected chi connectivity index (χ4v) is 2.11. The lowest BCUT2D eigenvalue weighted by Gasteiger charge is -2.14. The van der Waals surface area contributed by atoms with Gasteiger partial charge in [-0.25, -0.2) is 0 Å². The summed E-state index contributed by atoms with van der Waals surface area (Å²) in [6.07, 6.45) is 2.65. The van der Waals surface area contributed by atoms with Crippen LogP contribution in [0.3, 0.4) is 0 Å². The SMILES string of the molecule is O=C(NCC1(CCO)CC1)c1cccc(OC(F)F)c1. The number of carbonyl (C=O) groups is 1. The van der Waals surface area contributed by atoms with E-state index in [0.717, 1.165) is 12.8 Å². The third-order valence-corrected chi connectivity index (χ3v) is 3.54. The second-order valence-electron chi connectivity index (χ2n) is 5.06. The van der Waals surface area contributed by atoms with Gasteiger partial charge in [0, 0.05) is 18.7 Å². The van der Waals surface area contributed by atoms with Gasteiger partial charge in [-0.3, -0.25) is 4.79 Å². The van der Waals surface area contributed by atoms with Crippen LogP contribution in [0.1, 0.15) is 29.6 Å². The number of hydrogen-bond acceptors (Lipinski definition) is 3. The minimum absolute atomic E-state index is 0.0154. The van der Waals surface area contributed by atoms with Crippen molar-refractivity contribution in [3.63, 3.8) is 0 Å². The quantitative estimate of drug-likeness (QED) is 0.807. The molecule has 1 aromatic rings. The van der Waals surface area contributed by atoms with Gasteiger partial charge in [-0.15, -0.1) is 0 Å². The zero-order valence-electron chi connectivity index (χ0n) is 10.9. The number of hydrogen-bond donors (Lipinski definition) is 2. The second kappa shape index (κ2) is 6.17. The van der Waals surface area contributed by atoms with Crippen molar-refractivity contribution in [2.45, 2.75) is 25.9 Å². The fourth-order valence-electron chi connectivity index (χ4n) is 2.11. The topological polar surface area (TPSA) is 58.6 Å². The Bertz CT molecular complexity index is 475. The maximum Gasteiger partial charge on any atom is 0.387 e. The van der Waals surface area contributed by atoms with E-state index in [0.29, 0.717) is 13.0 Å². The molecule has 0 saturated heterocycles. The van der Waals surface area contributed by atoms with Crippen LogP contribution in [-0.4, -0.2) is 30.8 Å². The van der Waals surface area contributed by atoms with Crippen molar-refractivity contribution in [2.24, 2.45) is 5.41 Å². The summed E-state index contributed by atoms with van der Waals surface area (Å²) in [5.41, 5.74) is 0.296. The fraction of sp³-hybridized carbons (Fsp3) is 0.500. The Morgan fingerprint density at radius 3 is 2.80 bits per heavy atom. The number of alkyl halides is 2. The molecule has 0 bridgehead atoms. The summed E-state index contributed by atoms with van der Waals surface area (Å²) in [4.78, 5) is 11.9. The first-order valence-electron chi connectivity index (χ1n) is 6.49. The van der Waals surface area contributed by atoms with Gasteiger partial charge in [0.1, 0.15) is 5.75 Å². The molecule has 20 heavy (non-hydrogen) atoms. The predicted octanol–water partition coefficient (Wildman–Crippen LogP) is 2.18. The first kappa shape index (κ1) is 14.7. The van der Waals surface area contributed by atoms with Crippen LogP contribution in [-0.2, 0) is 0 Å².